The van der Waals surface area contributed by atoms with Gasteiger partial charge in [-0.2, -0.15) is 0 Å². The van der Waals surface area contributed by atoms with Gasteiger partial charge in [0.2, 0.25) is 0 Å². The second-order valence-corrected chi connectivity index (χ2v) is 14.9. The molecule has 0 fully saturated rings. The van der Waals surface area contributed by atoms with Crippen LogP contribution in [0.1, 0.15) is 168 Å². The molecule has 0 radical (unpaired) electrons. The lowest BCUT2D eigenvalue weighted by Gasteiger charge is -2.20. The van der Waals surface area contributed by atoms with E-state index < -0.39 is 51.1 Å². The summed E-state index contributed by atoms with van der Waals surface area (Å²) in [5.74, 6) is -2.41. The average Bonchev–Trinajstić information content (AvgIpc) is 3.12. The maximum absolute atomic E-state index is 12.6. The van der Waals surface area contributed by atoms with Crippen LogP contribution < -0.4 is 5.73 Å². The minimum atomic E-state index is -4.72. The van der Waals surface area contributed by atoms with Crippen molar-refractivity contribution >= 4 is 25.7 Å². The summed E-state index contributed by atoms with van der Waals surface area (Å²) in [4.78, 5) is 45.8. The third kappa shape index (κ3) is 34.8. The number of hydrogen-bond acceptors (Lipinski definition) is 9. The van der Waals surface area contributed by atoms with Crippen LogP contribution in [0.2, 0.25) is 0 Å². The standard InChI is InChI=1S/C40H72NO10P/c1-3-5-7-9-11-13-15-17-18-20-22-24-26-28-30-32-39(43)51-36(34-49-52(46,47)50-35-37(41)40(44)45)33-48-38(42)31-29-27-25-23-21-19-16-14-12-10-8-6-4-2/h13-18,36-37H,3-12,19-35,41H2,1-2H3,(H,44,45)(H,46,47)/b15-13+,16-14+,18-17+/t36-,37+/m1/s1. The van der Waals surface area contributed by atoms with Crippen LogP contribution in [0.5, 0.6) is 0 Å². The molecule has 302 valence electrons. The Bertz CT molecular complexity index is 1030. The Hall–Kier alpha value is -2.30. The third-order valence-corrected chi connectivity index (χ3v) is 9.34. The fourth-order valence-electron chi connectivity index (χ4n) is 5.17. The van der Waals surface area contributed by atoms with Gasteiger partial charge in [-0.1, -0.05) is 127 Å². The number of aliphatic carboxylic acids is 1. The largest absolute Gasteiger partial charge is 0.480 e. The Kier molecular flexibility index (Phi) is 34.1. The summed E-state index contributed by atoms with van der Waals surface area (Å²) < 4.78 is 32.6. The van der Waals surface area contributed by atoms with Crippen LogP contribution in [0.25, 0.3) is 0 Å². The minimum Gasteiger partial charge on any atom is -0.480 e. The number of unbranched alkanes of at least 4 members (excludes halogenated alkanes) is 18. The highest BCUT2D eigenvalue weighted by molar-refractivity contribution is 7.47. The summed E-state index contributed by atoms with van der Waals surface area (Å²) >= 11 is 0. The van der Waals surface area contributed by atoms with Crippen LogP contribution in [0.15, 0.2) is 36.5 Å². The molecule has 0 saturated carbocycles. The summed E-state index contributed by atoms with van der Waals surface area (Å²) in [6.07, 6.45) is 36.4. The Morgan fingerprint density at radius 3 is 1.52 bits per heavy atom. The van der Waals surface area contributed by atoms with Crippen molar-refractivity contribution in [2.45, 2.75) is 180 Å². The fraction of sp³-hybridized carbons (Fsp3) is 0.775. The van der Waals surface area contributed by atoms with Gasteiger partial charge in [-0.05, 0) is 64.2 Å². The van der Waals surface area contributed by atoms with Crippen LogP contribution in [0, 0.1) is 0 Å². The van der Waals surface area contributed by atoms with Gasteiger partial charge in [-0.25, -0.2) is 4.57 Å². The van der Waals surface area contributed by atoms with Crippen molar-refractivity contribution in [2.75, 3.05) is 19.8 Å². The molecule has 0 bridgehead atoms. The second-order valence-electron chi connectivity index (χ2n) is 13.4. The maximum atomic E-state index is 12.6. The van der Waals surface area contributed by atoms with Crippen molar-refractivity contribution < 1.29 is 47.5 Å². The first-order chi connectivity index (χ1) is 25.1. The molecule has 0 spiro atoms. The molecule has 3 atom stereocenters. The van der Waals surface area contributed by atoms with Crippen LogP contribution in [-0.4, -0.2) is 59.9 Å². The Labute approximate surface area is 314 Å². The second kappa shape index (κ2) is 35.7. The number of rotatable bonds is 37. The lowest BCUT2D eigenvalue weighted by atomic mass is 10.1. The van der Waals surface area contributed by atoms with Gasteiger partial charge >= 0.3 is 25.7 Å². The minimum absolute atomic E-state index is 0.142. The Morgan fingerprint density at radius 2 is 1.02 bits per heavy atom. The van der Waals surface area contributed by atoms with E-state index in [1.807, 2.05) is 0 Å². The van der Waals surface area contributed by atoms with E-state index in [1.54, 1.807) is 0 Å². The molecule has 52 heavy (non-hydrogen) atoms. The number of ether oxygens (including phenoxy) is 2. The van der Waals surface area contributed by atoms with Crippen molar-refractivity contribution in [3.8, 4) is 0 Å². The van der Waals surface area contributed by atoms with Crippen molar-refractivity contribution in [1.82, 2.24) is 0 Å². The molecule has 0 aliphatic heterocycles. The maximum Gasteiger partial charge on any atom is 0.472 e. The smallest absolute Gasteiger partial charge is 0.472 e. The number of phosphoric ester groups is 1. The van der Waals surface area contributed by atoms with Gasteiger partial charge in [0, 0.05) is 12.8 Å². The molecule has 11 nitrogen and oxygen atoms in total. The van der Waals surface area contributed by atoms with Crippen molar-refractivity contribution in [1.29, 1.82) is 0 Å². The van der Waals surface area contributed by atoms with Gasteiger partial charge in [0.25, 0.3) is 0 Å². The summed E-state index contributed by atoms with van der Waals surface area (Å²) in [7, 11) is -4.72. The lowest BCUT2D eigenvalue weighted by Crippen LogP contribution is -2.34. The summed E-state index contributed by atoms with van der Waals surface area (Å²) in [6, 6.07) is -1.52. The van der Waals surface area contributed by atoms with E-state index in [-0.39, 0.29) is 19.4 Å². The highest BCUT2D eigenvalue weighted by atomic mass is 31.2. The SMILES string of the molecule is CCCCCC/C=C/C=C/CCCCCCCC(=O)O[C@H](COC(=O)CCCCCCC/C=C/CCCCCC)COP(=O)(O)OC[C@H](N)C(=O)O. The number of nitrogens with two attached hydrogens (primary N) is 1. The van der Waals surface area contributed by atoms with Crippen molar-refractivity contribution in [3.05, 3.63) is 36.5 Å². The topological polar surface area (TPSA) is 172 Å². The van der Waals surface area contributed by atoms with Crippen LogP contribution in [0.4, 0.5) is 0 Å². The average molecular weight is 758 g/mol. The molecule has 0 aliphatic carbocycles. The summed E-state index contributed by atoms with van der Waals surface area (Å²) in [5.41, 5.74) is 5.32. The van der Waals surface area contributed by atoms with E-state index in [1.165, 1.54) is 51.4 Å². The summed E-state index contributed by atoms with van der Waals surface area (Å²) in [6.45, 7) is 2.72. The zero-order valence-corrected chi connectivity index (χ0v) is 33.3. The number of esters is 2. The van der Waals surface area contributed by atoms with Crippen molar-refractivity contribution in [2.24, 2.45) is 5.73 Å². The highest BCUT2D eigenvalue weighted by Gasteiger charge is 2.28. The van der Waals surface area contributed by atoms with E-state index in [0.717, 1.165) is 77.0 Å². The fourth-order valence-corrected chi connectivity index (χ4v) is 5.94. The molecule has 4 N–H and O–H groups in total. The van der Waals surface area contributed by atoms with Gasteiger partial charge in [-0.3, -0.25) is 23.4 Å². The summed E-state index contributed by atoms with van der Waals surface area (Å²) in [5, 5.41) is 8.86. The lowest BCUT2D eigenvalue weighted by molar-refractivity contribution is -0.161. The van der Waals surface area contributed by atoms with E-state index in [4.69, 9.17) is 24.8 Å². The molecule has 0 aromatic heterocycles. The quantitative estimate of drug-likeness (QED) is 0.0181. The molecule has 0 aliphatic rings. The third-order valence-electron chi connectivity index (χ3n) is 8.39. The first-order valence-corrected chi connectivity index (χ1v) is 21.5. The highest BCUT2D eigenvalue weighted by Crippen LogP contribution is 2.43. The number of carbonyl (C=O) groups is 3. The molecule has 0 heterocycles. The van der Waals surface area contributed by atoms with E-state index in [0.29, 0.717) is 12.8 Å². The van der Waals surface area contributed by atoms with Gasteiger partial charge in [0.1, 0.15) is 12.6 Å². The van der Waals surface area contributed by atoms with Gasteiger partial charge in [0.05, 0.1) is 13.2 Å². The van der Waals surface area contributed by atoms with Gasteiger partial charge < -0.3 is 25.2 Å². The molecule has 0 saturated heterocycles. The first-order valence-electron chi connectivity index (χ1n) is 20.0. The number of phosphoric acid groups is 1. The molecule has 1 unspecified atom stereocenters. The number of hydrogen-bond donors (Lipinski definition) is 3. The molecule has 12 heteroatoms. The monoisotopic (exact) mass is 757 g/mol. The molecular formula is C40H72NO10P. The zero-order valence-electron chi connectivity index (χ0n) is 32.4. The number of carbonyl (C=O) groups excluding carboxylic acids is 2. The zero-order chi connectivity index (χ0) is 38.5. The number of carboxylic acids is 1. The van der Waals surface area contributed by atoms with Gasteiger partial charge in [-0.15, -0.1) is 0 Å². The molecule has 0 amide bonds. The normalized spacial score (nSPS) is 14.2. The van der Waals surface area contributed by atoms with E-state index in [9.17, 15) is 23.8 Å². The predicted molar refractivity (Wildman–Crippen MR) is 208 cm³/mol. The van der Waals surface area contributed by atoms with Crippen LogP contribution in [0.3, 0.4) is 0 Å². The van der Waals surface area contributed by atoms with E-state index >= 15 is 0 Å². The van der Waals surface area contributed by atoms with E-state index in [2.05, 4.69) is 54.8 Å². The predicted octanol–water partition coefficient (Wildman–Crippen LogP) is 10.1. The van der Waals surface area contributed by atoms with Gasteiger partial charge in [0.15, 0.2) is 6.10 Å². The molecular weight excluding hydrogens is 685 g/mol. The Balaban J connectivity index is 4.47. The first kappa shape index (κ1) is 49.7. The van der Waals surface area contributed by atoms with Crippen LogP contribution in [-0.2, 0) is 37.5 Å². The molecule has 0 aromatic rings. The number of carboxylic acid groups (broad SMARTS) is 1. The number of allylic oxidation sites excluding steroid dienone is 6. The van der Waals surface area contributed by atoms with Crippen molar-refractivity contribution in [3.63, 3.8) is 0 Å². The Morgan fingerprint density at radius 1 is 0.596 bits per heavy atom. The van der Waals surface area contributed by atoms with Crippen LogP contribution >= 0.6 is 7.82 Å². The molecule has 0 rings (SSSR count). The molecule has 0 aromatic carbocycles.